The summed E-state index contributed by atoms with van der Waals surface area (Å²) in [5.74, 6) is -4.82. The van der Waals surface area contributed by atoms with Gasteiger partial charge in [-0.2, -0.15) is 26.3 Å². The zero-order valence-corrected chi connectivity index (χ0v) is 32.0. The molecule has 0 saturated carbocycles. The molecule has 2 aliphatic carbocycles. The number of allylic oxidation sites excluding steroid dienone is 4. The molecule has 2 aliphatic rings. The van der Waals surface area contributed by atoms with E-state index in [0.717, 1.165) is 60.9 Å². The minimum absolute atomic E-state index is 0.0424. The molecule has 0 saturated heterocycles. The fourth-order valence-electron chi connectivity index (χ4n) is 7.45. The molecule has 0 amide bonds. The van der Waals surface area contributed by atoms with Gasteiger partial charge >= 0.3 is 12.4 Å². The second-order valence-corrected chi connectivity index (χ2v) is 14.7. The Labute approximate surface area is 329 Å². The number of aliphatic hydroxyl groups is 2. The number of hydrogen-bond donors (Lipinski definition) is 6. The SMILES string of the molecule is Cc1cc2c(c(O)c1-c1c(C)cc3c(c1O)/C(=C/Nc1ccc(C(F)(F)F)cc1)C(=O)C(O)=C3C(C)C)/C(=C/Nc1ccc(C(F)(F)F)cc1)C(=O)C(O)=C2C(C)C. The number of halogens is 6. The van der Waals surface area contributed by atoms with E-state index in [4.69, 9.17) is 0 Å². The van der Waals surface area contributed by atoms with E-state index in [-0.39, 0.29) is 67.0 Å². The monoisotopic (exact) mass is 804 g/mol. The predicted octanol–water partition coefficient (Wildman–Crippen LogP) is 11.3. The number of carbonyl (C=O) groups excluding carboxylic acids is 2. The third-order valence-electron chi connectivity index (χ3n) is 10.1. The van der Waals surface area contributed by atoms with Crippen molar-refractivity contribution in [1.82, 2.24) is 0 Å². The number of fused-ring (bicyclic) bond motifs is 2. The first-order valence-corrected chi connectivity index (χ1v) is 18.0. The number of hydrogen-bond acceptors (Lipinski definition) is 8. The molecule has 0 fully saturated rings. The molecule has 6 N–H and O–H groups in total. The molecule has 14 heteroatoms. The highest BCUT2D eigenvalue weighted by Crippen LogP contribution is 2.53. The second kappa shape index (κ2) is 14.8. The van der Waals surface area contributed by atoms with Crippen LogP contribution in [0, 0.1) is 25.7 Å². The normalized spacial score (nSPS) is 16.2. The first kappa shape index (κ1) is 41.2. The Hall–Kier alpha value is -6.44. The molecule has 0 heterocycles. The van der Waals surface area contributed by atoms with Crippen LogP contribution >= 0.6 is 0 Å². The van der Waals surface area contributed by atoms with Gasteiger partial charge in [-0.3, -0.25) is 9.59 Å². The van der Waals surface area contributed by atoms with Crippen molar-refractivity contribution >= 4 is 45.2 Å². The number of phenolic OH excluding ortho intramolecular Hbond substituents is 2. The Morgan fingerprint density at radius 2 is 0.845 bits per heavy atom. The van der Waals surface area contributed by atoms with Crippen molar-refractivity contribution < 1.29 is 56.4 Å². The molecule has 8 nitrogen and oxygen atoms in total. The molecule has 0 spiro atoms. The molecule has 0 unspecified atom stereocenters. The van der Waals surface area contributed by atoms with Gasteiger partial charge in [0.2, 0.25) is 11.6 Å². The zero-order chi connectivity index (χ0) is 42.8. The van der Waals surface area contributed by atoms with E-state index in [9.17, 15) is 56.4 Å². The molecule has 0 radical (unpaired) electrons. The summed E-state index contributed by atoms with van der Waals surface area (Å²) in [6.07, 6.45) is -6.85. The van der Waals surface area contributed by atoms with Crippen LogP contribution in [-0.2, 0) is 21.9 Å². The van der Waals surface area contributed by atoms with Crippen LogP contribution in [0.2, 0.25) is 0 Å². The summed E-state index contributed by atoms with van der Waals surface area (Å²) in [6.45, 7) is 10.2. The van der Waals surface area contributed by atoms with Crippen molar-refractivity contribution in [3.8, 4) is 22.6 Å². The maximum Gasteiger partial charge on any atom is 0.416 e. The Balaban J connectivity index is 1.57. The lowest BCUT2D eigenvalue weighted by atomic mass is 9.75. The Morgan fingerprint density at radius 1 is 0.534 bits per heavy atom. The third kappa shape index (κ3) is 7.18. The molecule has 4 aromatic carbocycles. The van der Waals surface area contributed by atoms with Crippen LogP contribution in [0.3, 0.4) is 0 Å². The molecule has 302 valence electrons. The standard InChI is InChI=1S/C44H38F6N2O6/c1-19(2)31-27-15-21(5)33(39(55)35(27)29(37(53)41(31)57)17-51-25-11-7-23(8-12-25)43(45,46)47)34-22(6)16-28-32(20(3)4)42(58)38(54)30(36(28)40(34)56)18-52-26-13-9-24(10-14-26)44(48,49)50/h7-20,51-52,55-58H,1-6H3/b29-17-,30-18-. The number of nitrogens with one attached hydrogen (secondary N) is 2. The Kier molecular flexibility index (Phi) is 10.5. The minimum atomic E-state index is -4.58. The molecule has 6 rings (SSSR count). The van der Waals surface area contributed by atoms with Crippen LogP contribution in [-0.4, -0.2) is 32.0 Å². The van der Waals surface area contributed by atoms with Crippen LogP contribution in [0.5, 0.6) is 11.5 Å². The van der Waals surface area contributed by atoms with Gasteiger partial charge in [0, 0.05) is 57.2 Å². The highest BCUT2D eigenvalue weighted by Gasteiger charge is 2.39. The number of ketones is 2. The van der Waals surface area contributed by atoms with E-state index in [1.54, 1.807) is 53.7 Å². The molecule has 58 heavy (non-hydrogen) atoms. The van der Waals surface area contributed by atoms with Gasteiger partial charge in [-0.25, -0.2) is 0 Å². The number of anilines is 2. The lowest BCUT2D eigenvalue weighted by molar-refractivity contribution is -0.138. The van der Waals surface area contributed by atoms with Crippen molar-refractivity contribution in [1.29, 1.82) is 0 Å². The molecule has 0 aromatic heterocycles. The fraction of sp³-hybridized carbons (Fsp3) is 0.227. The average Bonchev–Trinajstić information content (AvgIpc) is 3.13. The molecule has 4 aromatic rings. The minimum Gasteiger partial charge on any atom is -0.507 e. The first-order chi connectivity index (χ1) is 27.0. The number of carbonyl (C=O) groups is 2. The molecule has 0 atom stereocenters. The molecular formula is C44H38F6N2O6. The zero-order valence-electron chi connectivity index (χ0n) is 32.0. The number of aromatic hydroxyl groups is 2. The van der Waals surface area contributed by atoms with Crippen molar-refractivity contribution in [3.63, 3.8) is 0 Å². The van der Waals surface area contributed by atoms with Gasteiger partial charge in [0.1, 0.15) is 11.5 Å². The lowest BCUT2D eigenvalue weighted by Gasteiger charge is -2.29. The van der Waals surface area contributed by atoms with Gasteiger partial charge in [0.05, 0.1) is 22.3 Å². The average molecular weight is 805 g/mol. The number of rotatable bonds is 7. The van der Waals surface area contributed by atoms with Gasteiger partial charge in [-0.05, 0) is 96.5 Å². The first-order valence-electron chi connectivity index (χ1n) is 18.0. The van der Waals surface area contributed by atoms with Gasteiger partial charge in [-0.1, -0.05) is 39.8 Å². The van der Waals surface area contributed by atoms with Crippen LogP contribution in [0.25, 0.3) is 33.4 Å². The van der Waals surface area contributed by atoms with E-state index in [0.29, 0.717) is 11.1 Å². The summed E-state index contributed by atoms with van der Waals surface area (Å²) in [7, 11) is 0. The van der Waals surface area contributed by atoms with Crippen LogP contribution in [0.1, 0.15) is 72.2 Å². The molecule has 0 aliphatic heterocycles. The largest absolute Gasteiger partial charge is 0.507 e. The molecular weight excluding hydrogens is 766 g/mol. The van der Waals surface area contributed by atoms with E-state index in [2.05, 4.69) is 10.6 Å². The van der Waals surface area contributed by atoms with Crippen LogP contribution < -0.4 is 10.6 Å². The maximum atomic E-state index is 13.8. The van der Waals surface area contributed by atoms with Crippen molar-refractivity contribution in [2.24, 2.45) is 11.8 Å². The van der Waals surface area contributed by atoms with E-state index < -0.39 is 69.9 Å². The van der Waals surface area contributed by atoms with Gasteiger partial charge < -0.3 is 31.1 Å². The fourth-order valence-corrected chi connectivity index (χ4v) is 7.45. The van der Waals surface area contributed by atoms with E-state index in [1.165, 1.54) is 0 Å². The Bertz CT molecular complexity index is 2330. The summed E-state index contributed by atoms with van der Waals surface area (Å²) in [4.78, 5) is 27.6. The summed E-state index contributed by atoms with van der Waals surface area (Å²) in [5.41, 5.74) is -0.186. The maximum absolute atomic E-state index is 13.8. The van der Waals surface area contributed by atoms with Crippen LogP contribution in [0.15, 0.2) is 84.6 Å². The van der Waals surface area contributed by atoms with Gasteiger partial charge in [0.15, 0.2) is 11.5 Å². The summed E-state index contributed by atoms with van der Waals surface area (Å²) >= 11 is 0. The number of benzene rings is 4. The number of Topliss-reactive ketones (excluding diaryl/α,β-unsaturated/α-hetero) is 2. The van der Waals surface area contributed by atoms with Crippen molar-refractivity contribution in [2.45, 2.75) is 53.9 Å². The summed E-state index contributed by atoms with van der Waals surface area (Å²) in [5, 5.41) is 52.4. The van der Waals surface area contributed by atoms with Crippen molar-refractivity contribution in [3.05, 3.63) is 129 Å². The highest BCUT2D eigenvalue weighted by molar-refractivity contribution is 6.35. The Morgan fingerprint density at radius 3 is 1.12 bits per heavy atom. The lowest BCUT2D eigenvalue weighted by Crippen LogP contribution is -2.20. The van der Waals surface area contributed by atoms with Gasteiger partial charge in [-0.15, -0.1) is 0 Å². The second-order valence-electron chi connectivity index (χ2n) is 14.7. The number of aliphatic hydroxyl groups excluding tert-OH is 2. The summed E-state index contributed by atoms with van der Waals surface area (Å²) in [6, 6.07) is 11.2. The number of aryl methyl sites for hydroxylation is 2. The van der Waals surface area contributed by atoms with E-state index >= 15 is 0 Å². The topological polar surface area (TPSA) is 139 Å². The quantitative estimate of drug-likeness (QED) is 0.0802. The smallest absolute Gasteiger partial charge is 0.416 e. The predicted molar refractivity (Wildman–Crippen MR) is 210 cm³/mol. The molecule has 0 bridgehead atoms. The number of alkyl halides is 6. The number of phenols is 2. The highest BCUT2D eigenvalue weighted by atomic mass is 19.4. The van der Waals surface area contributed by atoms with Crippen molar-refractivity contribution in [2.75, 3.05) is 10.6 Å². The summed E-state index contributed by atoms with van der Waals surface area (Å²) < 4.78 is 79.2. The van der Waals surface area contributed by atoms with Gasteiger partial charge in [0.25, 0.3) is 0 Å². The van der Waals surface area contributed by atoms with E-state index in [1.807, 2.05) is 0 Å². The van der Waals surface area contributed by atoms with Crippen LogP contribution in [0.4, 0.5) is 37.7 Å². The third-order valence-corrected chi connectivity index (χ3v) is 10.1.